The number of amides is 2. The summed E-state index contributed by atoms with van der Waals surface area (Å²) < 4.78 is 0. The van der Waals surface area contributed by atoms with Gasteiger partial charge in [-0.2, -0.15) is 0 Å². The maximum absolute atomic E-state index is 12.2. The average Bonchev–Trinajstić information content (AvgIpc) is 2.26. The highest BCUT2D eigenvalue weighted by atomic mass is 16.2. The minimum atomic E-state index is -0.230. The van der Waals surface area contributed by atoms with Crippen LogP contribution >= 0.6 is 0 Å². The Kier molecular flexibility index (Phi) is 7.72. The Morgan fingerprint density at radius 3 is 1.74 bits per heavy atom. The van der Waals surface area contributed by atoms with Crippen LogP contribution in [0.1, 0.15) is 60.8 Å². The van der Waals surface area contributed by atoms with Crippen LogP contribution in [0, 0.1) is 0 Å². The second-order valence-electron chi connectivity index (χ2n) is 5.97. The Hall–Kier alpha value is -1.06. The van der Waals surface area contributed by atoms with Gasteiger partial charge in [-0.25, -0.2) is 0 Å². The first kappa shape index (κ1) is 17.9. The van der Waals surface area contributed by atoms with Crippen LogP contribution in [-0.4, -0.2) is 46.8 Å². The van der Waals surface area contributed by atoms with Gasteiger partial charge >= 0.3 is 0 Å². The van der Waals surface area contributed by atoms with Gasteiger partial charge in [-0.05, 0) is 33.6 Å². The molecule has 4 nitrogen and oxygen atoms in total. The van der Waals surface area contributed by atoms with Crippen LogP contribution in [0.4, 0.5) is 0 Å². The van der Waals surface area contributed by atoms with Crippen LogP contribution in [0.2, 0.25) is 0 Å². The van der Waals surface area contributed by atoms with E-state index in [2.05, 4.69) is 13.8 Å². The first-order valence-electron chi connectivity index (χ1n) is 7.30. The van der Waals surface area contributed by atoms with E-state index in [1.165, 1.54) is 0 Å². The molecule has 0 spiro atoms. The zero-order valence-electron chi connectivity index (χ0n) is 13.5. The minimum absolute atomic E-state index is 0.0258. The summed E-state index contributed by atoms with van der Waals surface area (Å²) in [7, 11) is 0. The molecule has 0 aromatic heterocycles. The third kappa shape index (κ3) is 6.60. The maximum Gasteiger partial charge on any atom is 0.224 e. The first-order chi connectivity index (χ1) is 8.73. The lowest BCUT2D eigenvalue weighted by molar-refractivity contribution is -0.136. The normalized spacial score (nSPS) is 11.3. The molecular formula is C15H30N2O2. The number of carbonyl (C=O) groups is 2. The molecule has 0 radical (unpaired) electrons. The van der Waals surface area contributed by atoms with Crippen molar-refractivity contribution < 1.29 is 9.59 Å². The van der Waals surface area contributed by atoms with Gasteiger partial charge in [-0.3, -0.25) is 9.59 Å². The standard InChI is InChI=1S/C15H30N2O2/c1-7-10-16(11-8-2)14(19)9-12-17(13(3)18)15(4,5)6/h7-12H2,1-6H3. The molecule has 0 heterocycles. The molecule has 4 heteroatoms. The summed E-state index contributed by atoms with van der Waals surface area (Å²) in [5.74, 6) is 0.178. The Morgan fingerprint density at radius 2 is 1.42 bits per heavy atom. The fourth-order valence-electron chi connectivity index (χ4n) is 2.23. The number of carbonyl (C=O) groups excluding carboxylic acids is 2. The van der Waals surface area contributed by atoms with E-state index >= 15 is 0 Å². The summed E-state index contributed by atoms with van der Waals surface area (Å²) in [5, 5.41) is 0. The van der Waals surface area contributed by atoms with E-state index in [0.717, 1.165) is 25.9 Å². The second kappa shape index (κ2) is 8.18. The van der Waals surface area contributed by atoms with Gasteiger partial charge in [0.2, 0.25) is 11.8 Å². The lowest BCUT2D eigenvalue weighted by Gasteiger charge is -2.35. The number of hydrogen-bond donors (Lipinski definition) is 0. The molecule has 0 rings (SSSR count). The molecule has 2 amide bonds. The molecule has 0 unspecified atom stereocenters. The molecule has 0 saturated carbocycles. The van der Waals surface area contributed by atoms with Gasteiger partial charge < -0.3 is 9.80 Å². The Bertz CT molecular complexity index is 289. The van der Waals surface area contributed by atoms with Crippen LogP contribution in [0.5, 0.6) is 0 Å². The summed E-state index contributed by atoms with van der Waals surface area (Å²) in [6.45, 7) is 13.8. The van der Waals surface area contributed by atoms with E-state index in [1.807, 2.05) is 25.7 Å². The summed E-state index contributed by atoms with van der Waals surface area (Å²) >= 11 is 0. The summed E-state index contributed by atoms with van der Waals surface area (Å²) in [6, 6.07) is 0. The maximum atomic E-state index is 12.2. The largest absolute Gasteiger partial charge is 0.343 e. The quantitative estimate of drug-likeness (QED) is 0.713. The van der Waals surface area contributed by atoms with Gasteiger partial charge in [0.05, 0.1) is 0 Å². The molecule has 0 N–H and O–H groups in total. The van der Waals surface area contributed by atoms with Crippen molar-refractivity contribution in [3.63, 3.8) is 0 Å². The van der Waals surface area contributed by atoms with E-state index in [0.29, 0.717) is 13.0 Å². The Labute approximate surface area is 118 Å². The van der Waals surface area contributed by atoms with Crippen molar-refractivity contribution in [3.05, 3.63) is 0 Å². The molecule has 0 saturated heterocycles. The fraction of sp³-hybridized carbons (Fsp3) is 0.867. The predicted molar refractivity (Wildman–Crippen MR) is 78.9 cm³/mol. The third-order valence-corrected chi connectivity index (χ3v) is 3.08. The van der Waals surface area contributed by atoms with Gasteiger partial charge in [-0.15, -0.1) is 0 Å². The lowest BCUT2D eigenvalue weighted by atomic mass is 10.1. The van der Waals surface area contributed by atoms with Crippen molar-refractivity contribution in [2.75, 3.05) is 19.6 Å². The SMILES string of the molecule is CCCN(CCC)C(=O)CCN(C(C)=O)C(C)(C)C. The smallest absolute Gasteiger partial charge is 0.224 e. The molecule has 0 bridgehead atoms. The molecule has 112 valence electrons. The zero-order chi connectivity index (χ0) is 15.1. The van der Waals surface area contributed by atoms with Crippen LogP contribution in [-0.2, 0) is 9.59 Å². The van der Waals surface area contributed by atoms with Crippen molar-refractivity contribution in [1.29, 1.82) is 0 Å². The minimum Gasteiger partial charge on any atom is -0.343 e. The van der Waals surface area contributed by atoms with E-state index in [1.54, 1.807) is 11.8 Å². The number of hydrogen-bond acceptors (Lipinski definition) is 2. The molecule has 0 aliphatic heterocycles. The van der Waals surface area contributed by atoms with Crippen molar-refractivity contribution >= 4 is 11.8 Å². The monoisotopic (exact) mass is 270 g/mol. The van der Waals surface area contributed by atoms with Crippen molar-refractivity contribution in [3.8, 4) is 0 Å². The molecule has 0 aromatic carbocycles. The van der Waals surface area contributed by atoms with Crippen LogP contribution in [0.25, 0.3) is 0 Å². The molecule has 0 fully saturated rings. The van der Waals surface area contributed by atoms with Crippen molar-refractivity contribution in [2.24, 2.45) is 0 Å². The van der Waals surface area contributed by atoms with Crippen molar-refractivity contribution in [2.45, 2.75) is 66.3 Å². The third-order valence-electron chi connectivity index (χ3n) is 3.08. The van der Waals surface area contributed by atoms with E-state index < -0.39 is 0 Å². The van der Waals surface area contributed by atoms with Gasteiger partial charge in [0.25, 0.3) is 0 Å². The van der Waals surface area contributed by atoms with Crippen molar-refractivity contribution in [1.82, 2.24) is 9.80 Å². The molecule has 0 aliphatic carbocycles. The highest BCUT2D eigenvalue weighted by molar-refractivity contribution is 5.78. The van der Waals surface area contributed by atoms with Crippen LogP contribution < -0.4 is 0 Å². The first-order valence-corrected chi connectivity index (χ1v) is 7.30. The average molecular weight is 270 g/mol. The summed E-state index contributed by atoms with van der Waals surface area (Å²) in [4.78, 5) is 27.5. The lowest BCUT2D eigenvalue weighted by Crippen LogP contribution is -2.46. The molecule has 0 aromatic rings. The van der Waals surface area contributed by atoms with Gasteiger partial charge in [-0.1, -0.05) is 13.8 Å². The van der Waals surface area contributed by atoms with Crippen LogP contribution in [0.3, 0.4) is 0 Å². The molecular weight excluding hydrogens is 240 g/mol. The Balaban J connectivity index is 4.50. The number of nitrogens with zero attached hydrogens (tertiary/aromatic N) is 2. The Morgan fingerprint density at radius 1 is 0.947 bits per heavy atom. The van der Waals surface area contributed by atoms with Crippen LogP contribution in [0.15, 0.2) is 0 Å². The van der Waals surface area contributed by atoms with E-state index in [-0.39, 0.29) is 17.4 Å². The van der Waals surface area contributed by atoms with E-state index in [4.69, 9.17) is 0 Å². The highest BCUT2D eigenvalue weighted by Crippen LogP contribution is 2.14. The predicted octanol–water partition coefficient (Wildman–Crippen LogP) is 2.67. The topological polar surface area (TPSA) is 40.6 Å². The summed E-state index contributed by atoms with van der Waals surface area (Å²) in [6.07, 6.45) is 2.36. The number of rotatable bonds is 7. The van der Waals surface area contributed by atoms with Gasteiger partial charge in [0, 0.05) is 38.5 Å². The highest BCUT2D eigenvalue weighted by Gasteiger charge is 2.24. The van der Waals surface area contributed by atoms with E-state index in [9.17, 15) is 9.59 Å². The van der Waals surface area contributed by atoms with Gasteiger partial charge in [0.15, 0.2) is 0 Å². The second-order valence-corrected chi connectivity index (χ2v) is 5.97. The van der Waals surface area contributed by atoms with Gasteiger partial charge in [0.1, 0.15) is 0 Å². The molecule has 19 heavy (non-hydrogen) atoms. The fourth-order valence-corrected chi connectivity index (χ4v) is 2.23. The zero-order valence-corrected chi connectivity index (χ0v) is 13.5. The molecule has 0 aliphatic rings. The molecule has 0 atom stereocenters. The summed E-state index contributed by atoms with van der Waals surface area (Å²) in [5.41, 5.74) is -0.230.